The van der Waals surface area contributed by atoms with Crippen LogP contribution in [0.15, 0.2) is 36.9 Å². The molecule has 1 aliphatic heterocycles. The second kappa shape index (κ2) is 3.91. The van der Waals surface area contributed by atoms with Crippen LogP contribution >= 0.6 is 0 Å². The Morgan fingerprint density at radius 2 is 2.21 bits per heavy atom. The minimum Gasteiger partial charge on any atom is -0.453 e. The van der Waals surface area contributed by atoms with Crippen molar-refractivity contribution in [2.45, 2.75) is 25.5 Å². The molecule has 0 radical (unpaired) electrons. The molecular formula is C14H13FN2O2. The largest absolute Gasteiger partial charge is 0.453 e. The van der Waals surface area contributed by atoms with Crippen LogP contribution in [0.3, 0.4) is 0 Å². The zero-order valence-corrected chi connectivity index (χ0v) is 10.6. The van der Waals surface area contributed by atoms with Crippen LogP contribution in [0.25, 0.3) is 0 Å². The second-order valence-corrected chi connectivity index (χ2v) is 5.14. The molecule has 2 aromatic rings. The van der Waals surface area contributed by atoms with E-state index in [1.165, 1.54) is 18.2 Å². The summed E-state index contributed by atoms with van der Waals surface area (Å²) in [4.78, 5) is 16.0. The molecule has 0 N–H and O–H groups in total. The number of ether oxygens (including phenoxy) is 1. The highest BCUT2D eigenvalue weighted by Crippen LogP contribution is 2.39. The Kier molecular flexibility index (Phi) is 2.45. The number of rotatable bonds is 1. The SMILES string of the molecule is CC1(C)OC(=O)c2ccc(F)cc2[C@@H]1n1ccnc1. The maximum Gasteiger partial charge on any atom is 0.339 e. The number of cyclic esters (lactones) is 1. The molecule has 1 aliphatic rings. The molecule has 2 heterocycles. The van der Waals surface area contributed by atoms with Gasteiger partial charge in [0.2, 0.25) is 0 Å². The van der Waals surface area contributed by atoms with Crippen LogP contribution in [0.1, 0.15) is 35.8 Å². The molecule has 1 atom stereocenters. The van der Waals surface area contributed by atoms with Crippen LogP contribution < -0.4 is 0 Å². The Labute approximate surface area is 109 Å². The average molecular weight is 260 g/mol. The van der Waals surface area contributed by atoms with Gasteiger partial charge in [0.05, 0.1) is 17.9 Å². The topological polar surface area (TPSA) is 44.1 Å². The fourth-order valence-corrected chi connectivity index (χ4v) is 2.61. The summed E-state index contributed by atoms with van der Waals surface area (Å²) in [6, 6.07) is 3.83. The number of fused-ring (bicyclic) bond motifs is 1. The van der Waals surface area contributed by atoms with Gasteiger partial charge in [0.15, 0.2) is 0 Å². The number of esters is 1. The predicted octanol–water partition coefficient (Wildman–Crippen LogP) is 2.56. The van der Waals surface area contributed by atoms with Crippen molar-refractivity contribution < 1.29 is 13.9 Å². The molecule has 1 aromatic carbocycles. The number of hydrogen-bond acceptors (Lipinski definition) is 3. The van der Waals surface area contributed by atoms with Gasteiger partial charge in [-0.05, 0) is 37.6 Å². The molecule has 0 unspecified atom stereocenters. The van der Waals surface area contributed by atoms with E-state index in [9.17, 15) is 9.18 Å². The second-order valence-electron chi connectivity index (χ2n) is 5.14. The Balaban J connectivity index is 2.24. The Bertz CT molecular complexity index is 635. The number of benzene rings is 1. The van der Waals surface area contributed by atoms with Gasteiger partial charge < -0.3 is 9.30 Å². The number of nitrogens with zero attached hydrogens (tertiary/aromatic N) is 2. The minimum atomic E-state index is -0.765. The maximum atomic E-state index is 13.5. The van der Waals surface area contributed by atoms with Crippen molar-refractivity contribution in [3.63, 3.8) is 0 Å². The van der Waals surface area contributed by atoms with E-state index in [-0.39, 0.29) is 11.9 Å². The molecule has 0 saturated carbocycles. The summed E-state index contributed by atoms with van der Waals surface area (Å²) < 4.78 is 20.8. The molecule has 0 spiro atoms. The third-order valence-electron chi connectivity index (χ3n) is 3.37. The number of hydrogen-bond donors (Lipinski definition) is 0. The van der Waals surface area contributed by atoms with Gasteiger partial charge >= 0.3 is 5.97 Å². The zero-order valence-electron chi connectivity index (χ0n) is 10.6. The number of aromatic nitrogens is 2. The first-order valence-corrected chi connectivity index (χ1v) is 5.99. The summed E-state index contributed by atoms with van der Waals surface area (Å²) in [7, 11) is 0. The number of imidazole rings is 1. The minimum absolute atomic E-state index is 0.293. The smallest absolute Gasteiger partial charge is 0.339 e. The molecule has 1 aromatic heterocycles. The fraction of sp³-hybridized carbons (Fsp3) is 0.286. The molecule has 0 amide bonds. The average Bonchev–Trinajstić information content (AvgIpc) is 2.80. The summed E-state index contributed by atoms with van der Waals surface area (Å²) in [5.41, 5.74) is 0.261. The van der Waals surface area contributed by atoms with Crippen LogP contribution in [0, 0.1) is 5.82 Å². The highest BCUT2D eigenvalue weighted by atomic mass is 19.1. The Morgan fingerprint density at radius 1 is 1.42 bits per heavy atom. The van der Waals surface area contributed by atoms with Gasteiger partial charge in [0.1, 0.15) is 11.4 Å². The molecule has 5 heteroatoms. The number of carbonyl (C=O) groups is 1. The summed E-state index contributed by atoms with van der Waals surface area (Å²) in [6.07, 6.45) is 5.06. The van der Waals surface area contributed by atoms with E-state index in [0.29, 0.717) is 11.1 Å². The van der Waals surface area contributed by atoms with Crippen molar-refractivity contribution >= 4 is 5.97 Å². The van der Waals surface area contributed by atoms with Gasteiger partial charge in [-0.2, -0.15) is 0 Å². The standard InChI is InChI=1S/C14H13FN2O2/c1-14(2)12(17-6-5-16-8-17)11-7-9(15)3-4-10(11)13(18)19-14/h3-8,12H,1-2H3/t12-/m0/s1. The summed E-state index contributed by atoms with van der Waals surface area (Å²) >= 11 is 0. The number of carbonyl (C=O) groups excluding carboxylic acids is 1. The van der Waals surface area contributed by atoms with E-state index in [2.05, 4.69) is 4.98 Å². The highest BCUT2D eigenvalue weighted by molar-refractivity contribution is 5.93. The third-order valence-corrected chi connectivity index (χ3v) is 3.37. The Hall–Kier alpha value is -2.17. The predicted molar refractivity (Wildman–Crippen MR) is 66.3 cm³/mol. The first kappa shape index (κ1) is 11.9. The van der Waals surface area contributed by atoms with E-state index < -0.39 is 11.6 Å². The van der Waals surface area contributed by atoms with Crippen LogP contribution in [0.5, 0.6) is 0 Å². The van der Waals surface area contributed by atoms with Gasteiger partial charge in [0, 0.05) is 12.4 Å². The molecule has 0 aliphatic carbocycles. The maximum absolute atomic E-state index is 13.5. The van der Waals surface area contributed by atoms with Crippen molar-refractivity contribution in [1.29, 1.82) is 0 Å². The normalized spacial score (nSPS) is 20.8. The lowest BCUT2D eigenvalue weighted by molar-refractivity contribution is -0.0261. The van der Waals surface area contributed by atoms with Crippen LogP contribution in [-0.2, 0) is 4.74 Å². The van der Waals surface area contributed by atoms with Crippen molar-refractivity contribution in [2.24, 2.45) is 0 Å². The molecular weight excluding hydrogens is 247 g/mol. The summed E-state index contributed by atoms with van der Waals surface area (Å²) in [6.45, 7) is 3.62. The van der Waals surface area contributed by atoms with E-state index >= 15 is 0 Å². The van der Waals surface area contributed by atoms with E-state index in [1.807, 2.05) is 18.4 Å². The molecule has 98 valence electrons. The van der Waals surface area contributed by atoms with Crippen molar-refractivity contribution in [3.05, 3.63) is 53.9 Å². The van der Waals surface area contributed by atoms with Gasteiger partial charge in [-0.3, -0.25) is 0 Å². The monoisotopic (exact) mass is 260 g/mol. The fourth-order valence-electron chi connectivity index (χ4n) is 2.61. The zero-order chi connectivity index (χ0) is 13.6. The lowest BCUT2D eigenvalue weighted by Crippen LogP contribution is -2.43. The van der Waals surface area contributed by atoms with E-state index in [0.717, 1.165) is 0 Å². The van der Waals surface area contributed by atoms with E-state index in [1.54, 1.807) is 18.7 Å². The molecule has 3 rings (SSSR count). The van der Waals surface area contributed by atoms with Gasteiger partial charge in [-0.25, -0.2) is 14.2 Å². The summed E-state index contributed by atoms with van der Waals surface area (Å²) in [5, 5.41) is 0. The van der Waals surface area contributed by atoms with Crippen molar-refractivity contribution in [1.82, 2.24) is 9.55 Å². The molecule has 19 heavy (non-hydrogen) atoms. The lowest BCUT2D eigenvalue weighted by Gasteiger charge is -2.39. The van der Waals surface area contributed by atoms with Crippen LogP contribution in [-0.4, -0.2) is 21.1 Å². The van der Waals surface area contributed by atoms with Gasteiger partial charge in [-0.15, -0.1) is 0 Å². The van der Waals surface area contributed by atoms with Crippen molar-refractivity contribution in [2.75, 3.05) is 0 Å². The van der Waals surface area contributed by atoms with Gasteiger partial charge in [-0.1, -0.05) is 0 Å². The highest BCUT2D eigenvalue weighted by Gasteiger charge is 2.42. The molecule has 0 fully saturated rings. The summed E-state index contributed by atoms with van der Waals surface area (Å²) in [5.74, 6) is -0.786. The van der Waals surface area contributed by atoms with E-state index in [4.69, 9.17) is 4.74 Å². The third kappa shape index (κ3) is 1.82. The molecule has 4 nitrogen and oxygen atoms in total. The molecule has 0 saturated heterocycles. The van der Waals surface area contributed by atoms with Crippen LogP contribution in [0.2, 0.25) is 0 Å². The first-order valence-electron chi connectivity index (χ1n) is 5.99. The van der Waals surface area contributed by atoms with Crippen molar-refractivity contribution in [3.8, 4) is 0 Å². The number of halogens is 1. The molecule has 0 bridgehead atoms. The Morgan fingerprint density at radius 3 is 2.89 bits per heavy atom. The van der Waals surface area contributed by atoms with Gasteiger partial charge in [0.25, 0.3) is 0 Å². The first-order chi connectivity index (χ1) is 8.99. The lowest BCUT2D eigenvalue weighted by atomic mass is 9.85. The quantitative estimate of drug-likeness (QED) is 0.740. The van der Waals surface area contributed by atoms with Crippen LogP contribution in [0.4, 0.5) is 4.39 Å².